The van der Waals surface area contributed by atoms with Crippen LogP contribution < -0.4 is 15.4 Å². The van der Waals surface area contributed by atoms with Gasteiger partial charge in [-0.2, -0.15) is 0 Å². The van der Waals surface area contributed by atoms with Crippen LogP contribution >= 0.6 is 0 Å². The monoisotopic (exact) mass is 376 g/mol. The molecule has 0 aliphatic heterocycles. The molecule has 0 radical (unpaired) electrons. The van der Waals surface area contributed by atoms with Gasteiger partial charge in [0.25, 0.3) is 5.91 Å². The first-order valence-electron chi connectivity index (χ1n) is 9.09. The van der Waals surface area contributed by atoms with Gasteiger partial charge in [-0.05, 0) is 44.0 Å². The molecular formula is C22H24N4O2. The fraction of sp³-hybridized carbons (Fsp3) is 0.227. The number of amides is 1. The number of nitrogens with one attached hydrogen (secondary N) is 2. The Morgan fingerprint density at radius 1 is 1.04 bits per heavy atom. The van der Waals surface area contributed by atoms with Gasteiger partial charge in [0, 0.05) is 6.07 Å². The average Bonchev–Trinajstić information content (AvgIpc) is 2.68. The number of ether oxygens (including phenoxy) is 1. The van der Waals surface area contributed by atoms with Gasteiger partial charge in [0.15, 0.2) is 0 Å². The molecule has 1 amide bonds. The largest absolute Gasteiger partial charge is 0.495 e. The van der Waals surface area contributed by atoms with E-state index in [0.717, 1.165) is 16.8 Å². The number of hydrogen-bond acceptors (Lipinski definition) is 5. The predicted octanol–water partition coefficient (Wildman–Crippen LogP) is 4.34. The van der Waals surface area contributed by atoms with Crippen molar-refractivity contribution in [2.75, 3.05) is 12.4 Å². The molecule has 0 bridgehead atoms. The molecule has 1 atom stereocenters. The highest BCUT2D eigenvalue weighted by Gasteiger charge is 2.15. The summed E-state index contributed by atoms with van der Waals surface area (Å²) < 4.78 is 5.40. The number of aryl methyl sites for hydroxylation is 2. The summed E-state index contributed by atoms with van der Waals surface area (Å²) in [5, 5.41) is 6.21. The molecule has 0 saturated heterocycles. The number of benzene rings is 2. The van der Waals surface area contributed by atoms with E-state index in [9.17, 15) is 4.79 Å². The van der Waals surface area contributed by atoms with Gasteiger partial charge in [-0.15, -0.1) is 0 Å². The molecule has 6 heteroatoms. The zero-order chi connectivity index (χ0) is 20.1. The predicted molar refractivity (Wildman–Crippen MR) is 110 cm³/mol. The zero-order valence-electron chi connectivity index (χ0n) is 16.5. The zero-order valence-corrected chi connectivity index (χ0v) is 16.5. The Balaban J connectivity index is 1.81. The quantitative estimate of drug-likeness (QED) is 0.669. The van der Waals surface area contributed by atoms with Crippen LogP contribution in [0.4, 0.5) is 11.5 Å². The van der Waals surface area contributed by atoms with Gasteiger partial charge in [-0.3, -0.25) is 4.79 Å². The van der Waals surface area contributed by atoms with E-state index in [4.69, 9.17) is 4.74 Å². The molecule has 1 unspecified atom stereocenters. The molecule has 0 aliphatic carbocycles. The summed E-state index contributed by atoms with van der Waals surface area (Å²) in [7, 11) is 1.62. The lowest BCUT2D eigenvalue weighted by atomic mass is 10.1. The minimum Gasteiger partial charge on any atom is -0.495 e. The fourth-order valence-corrected chi connectivity index (χ4v) is 2.90. The summed E-state index contributed by atoms with van der Waals surface area (Å²) in [6.45, 7) is 5.70. The number of carbonyl (C=O) groups excluding carboxylic acids is 1. The third-order valence-corrected chi connectivity index (χ3v) is 4.34. The first kappa shape index (κ1) is 19.4. The van der Waals surface area contributed by atoms with Crippen LogP contribution in [0.2, 0.25) is 0 Å². The van der Waals surface area contributed by atoms with Gasteiger partial charge in [0.2, 0.25) is 0 Å². The molecule has 1 aromatic heterocycles. The van der Waals surface area contributed by atoms with E-state index in [1.54, 1.807) is 20.1 Å². The molecule has 3 aromatic rings. The summed E-state index contributed by atoms with van der Waals surface area (Å²) in [5.74, 6) is 1.50. The molecule has 144 valence electrons. The Morgan fingerprint density at radius 3 is 2.50 bits per heavy atom. The number of methoxy groups -OCH3 is 1. The highest BCUT2D eigenvalue weighted by Crippen LogP contribution is 2.28. The number of anilines is 2. The molecule has 0 spiro atoms. The molecule has 2 aromatic carbocycles. The average molecular weight is 376 g/mol. The first-order chi connectivity index (χ1) is 13.5. The van der Waals surface area contributed by atoms with Gasteiger partial charge < -0.3 is 15.4 Å². The van der Waals surface area contributed by atoms with Gasteiger partial charge >= 0.3 is 0 Å². The lowest BCUT2D eigenvalue weighted by Gasteiger charge is -2.15. The van der Waals surface area contributed by atoms with Crippen LogP contribution in [0.5, 0.6) is 5.75 Å². The summed E-state index contributed by atoms with van der Waals surface area (Å²) in [5.41, 5.74) is 3.21. The van der Waals surface area contributed by atoms with E-state index < -0.39 is 0 Å². The van der Waals surface area contributed by atoms with Crippen LogP contribution in [0.1, 0.15) is 40.4 Å². The molecule has 3 rings (SSSR count). The maximum Gasteiger partial charge on any atom is 0.270 e. The highest BCUT2D eigenvalue weighted by molar-refractivity contribution is 5.93. The van der Waals surface area contributed by atoms with E-state index >= 15 is 0 Å². The fourth-order valence-electron chi connectivity index (χ4n) is 2.90. The van der Waals surface area contributed by atoms with Crippen molar-refractivity contribution in [2.45, 2.75) is 26.8 Å². The minimum absolute atomic E-state index is 0.128. The molecular weight excluding hydrogens is 352 g/mol. The third kappa shape index (κ3) is 4.65. The Morgan fingerprint density at radius 2 is 1.79 bits per heavy atom. The molecule has 0 aliphatic rings. The summed E-state index contributed by atoms with van der Waals surface area (Å²) in [6, 6.07) is 17.1. The number of rotatable bonds is 6. The lowest BCUT2D eigenvalue weighted by Crippen LogP contribution is -2.27. The van der Waals surface area contributed by atoms with Crippen LogP contribution in [0.25, 0.3) is 0 Å². The Hall–Kier alpha value is -3.41. The van der Waals surface area contributed by atoms with Crippen molar-refractivity contribution in [2.24, 2.45) is 0 Å². The van der Waals surface area contributed by atoms with Crippen molar-refractivity contribution in [3.8, 4) is 5.75 Å². The SMILES string of the molecule is COc1ccc(C)cc1Nc1cc(C(=O)NC(C)c2ccccc2)nc(C)n1. The maximum absolute atomic E-state index is 12.7. The molecule has 0 saturated carbocycles. The van der Waals surface area contributed by atoms with Crippen LogP contribution in [0, 0.1) is 13.8 Å². The first-order valence-corrected chi connectivity index (χ1v) is 9.09. The number of carbonyl (C=O) groups is 1. The number of nitrogens with zero attached hydrogens (tertiary/aromatic N) is 2. The number of aromatic nitrogens is 2. The second kappa shape index (κ2) is 8.52. The van der Waals surface area contributed by atoms with Crippen molar-refractivity contribution in [1.29, 1.82) is 0 Å². The molecule has 0 fully saturated rings. The van der Waals surface area contributed by atoms with E-state index in [-0.39, 0.29) is 11.9 Å². The van der Waals surface area contributed by atoms with Crippen molar-refractivity contribution in [3.05, 3.63) is 77.2 Å². The molecule has 6 nitrogen and oxygen atoms in total. The maximum atomic E-state index is 12.7. The second-order valence-electron chi connectivity index (χ2n) is 6.62. The Kier molecular flexibility index (Phi) is 5.89. The second-order valence-corrected chi connectivity index (χ2v) is 6.62. The normalized spacial score (nSPS) is 11.6. The van der Waals surface area contributed by atoms with Crippen molar-refractivity contribution in [1.82, 2.24) is 15.3 Å². The van der Waals surface area contributed by atoms with E-state index in [1.165, 1.54) is 0 Å². The topological polar surface area (TPSA) is 76.1 Å². The minimum atomic E-state index is -0.249. The molecule has 28 heavy (non-hydrogen) atoms. The number of hydrogen-bond donors (Lipinski definition) is 2. The van der Waals surface area contributed by atoms with Gasteiger partial charge in [0.05, 0.1) is 18.8 Å². The third-order valence-electron chi connectivity index (χ3n) is 4.34. The van der Waals surface area contributed by atoms with Crippen LogP contribution in [0.15, 0.2) is 54.6 Å². The summed E-state index contributed by atoms with van der Waals surface area (Å²) >= 11 is 0. The highest BCUT2D eigenvalue weighted by atomic mass is 16.5. The summed E-state index contributed by atoms with van der Waals surface area (Å²) in [6.07, 6.45) is 0. The molecule has 2 N–H and O–H groups in total. The molecule has 1 heterocycles. The van der Waals surface area contributed by atoms with Crippen LogP contribution in [-0.2, 0) is 0 Å². The Labute approximate surface area is 165 Å². The lowest BCUT2D eigenvalue weighted by molar-refractivity contribution is 0.0934. The van der Waals surface area contributed by atoms with E-state index in [0.29, 0.717) is 23.1 Å². The van der Waals surface area contributed by atoms with Crippen LogP contribution in [0.3, 0.4) is 0 Å². The smallest absolute Gasteiger partial charge is 0.270 e. The van der Waals surface area contributed by atoms with Gasteiger partial charge in [0.1, 0.15) is 23.1 Å². The standard InChI is InChI=1S/C22H24N4O2/c1-14-10-11-20(28-4)18(12-14)26-21-13-19(24-16(3)25-21)22(27)23-15(2)17-8-6-5-7-9-17/h5-13,15H,1-4H3,(H,23,27)(H,24,25,26). The van der Waals surface area contributed by atoms with Crippen molar-refractivity contribution < 1.29 is 9.53 Å². The van der Waals surface area contributed by atoms with Crippen molar-refractivity contribution >= 4 is 17.4 Å². The van der Waals surface area contributed by atoms with Crippen molar-refractivity contribution in [3.63, 3.8) is 0 Å². The van der Waals surface area contributed by atoms with E-state index in [2.05, 4.69) is 20.6 Å². The summed E-state index contributed by atoms with van der Waals surface area (Å²) in [4.78, 5) is 21.4. The van der Waals surface area contributed by atoms with Gasteiger partial charge in [-0.25, -0.2) is 9.97 Å². The Bertz CT molecular complexity index is 974. The van der Waals surface area contributed by atoms with E-state index in [1.807, 2.05) is 62.4 Å². The van der Waals surface area contributed by atoms with Crippen LogP contribution in [-0.4, -0.2) is 23.0 Å². The van der Waals surface area contributed by atoms with Gasteiger partial charge in [-0.1, -0.05) is 36.4 Å².